The highest BCUT2D eigenvalue weighted by Crippen LogP contribution is 2.14. The fourth-order valence-corrected chi connectivity index (χ4v) is 2.40. The van der Waals surface area contributed by atoms with E-state index in [4.69, 9.17) is 8.37 Å². The van der Waals surface area contributed by atoms with Gasteiger partial charge in [-0.2, -0.15) is 16.8 Å². The van der Waals surface area contributed by atoms with Crippen molar-refractivity contribution in [2.24, 2.45) is 0 Å². The van der Waals surface area contributed by atoms with E-state index in [0.717, 1.165) is 18.1 Å². The Labute approximate surface area is 132 Å². The van der Waals surface area contributed by atoms with Gasteiger partial charge in [-0.15, -0.1) is 0 Å². The normalized spacial score (nSPS) is 12.3. The summed E-state index contributed by atoms with van der Waals surface area (Å²) in [5.74, 6) is 0. The summed E-state index contributed by atoms with van der Waals surface area (Å²) in [5, 5.41) is 0. The molecule has 0 amide bonds. The molecule has 0 aliphatic carbocycles. The van der Waals surface area contributed by atoms with Crippen LogP contribution in [0.2, 0.25) is 0 Å². The van der Waals surface area contributed by atoms with Gasteiger partial charge in [-0.3, -0.25) is 8.37 Å². The molecule has 9 heteroatoms. The lowest BCUT2D eigenvalue weighted by Crippen LogP contribution is -2.32. The summed E-state index contributed by atoms with van der Waals surface area (Å²) in [7, 11) is -7.03. The minimum Gasteiger partial charge on any atom is -0.366 e. The van der Waals surface area contributed by atoms with Crippen LogP contribution in [0, 0.1) is 13.0 Å². The highest BCUT2D eigenvalue weighted by atomic mass is 32.2. The highest BCUT2D eigenvalue weighted by molar-refractivity contribution is 7.86. The molecule has 0 unspecified atom stereocenters. The van der Waals surface area contributed by atoms with Gasteiger partial charge in [-0.05, 0) is 19.1 Å². The third-order valence-electron chi connectivity index (χ3n) is 2.61. The summed E-state index contributed by atoms with van der Waals surface area (Å²) < 4.78 is 53.4. The maximum atomic E-state index is 11.0. The second kappa shape index (κ2) is 7.91. The van der Waals surface area contributed by atoms with E-state index in [1.165, 1.54) is 0 Å². The monoisotopic (exact) mass is 350 g/mol. The van der Waals surface area contributed by atoms with Gasteiger partial charge in [-0.1, -0.05) is 11.6 Å². The van der Waals surface area contributed by atoms with Crippen LogP contribution in [-0.2, 0) is 28.6 Å². The van der Waals surface area contributed by atoms with Crippen molar-refractivity contribution < 1.29 is 25.2 Å². The Morgan fingerprint density at radius 1 is 1.00 bits per heavy atom. The molecule has 0 aliphatic heterocycles. The zero-order chi connectivity index (χ0) is 16.8. The number of hydrogen-bond acceptors (Lipinski definition) is 7. The van der Waals surface area contributed by atoms with E-state index in [0.29, 0.717) is 5.69 Å². The first-order valence-corrected chi connectivity index (χ1v) is 10.1. The van der Waals surface area contributed by atoms with Gasteiger partial charge in [-0.25, -0.2) is 0 Å². The molecular weight excluding hydrogens is 330 g/mol. The Balaban J connectivity index is 2.69. The Bertz CT molecular complexity index is 629. The third kappa shape index (κ3) is 8.32. The number of benzene rings is 1. The van der Waals surface area contributed by atoms with E-state index in [-0.39, 0.29) is 26.3 Å². The van der Waals surface area contributed by atoms with Gasteiger partial charge < -0.3 is 4.90 Å². The van der Waals surface area contributed by atoms with Gasteiger partial charge in [0.1, 0.15) is 0 Å². The molecular formula is C13H20NO6S2. The number of anilines is 1. The zero-order valence-corrected chi connectivity index (χ0v) is 14.4. The lowest BCUT2D eigenvalue weighted by atomic mass is 10.2. The van der Waals surface area contributed by atoms with Crippen molar-refractivity contribution in [3.63, 3.8) is 0 Å². The molecule has 0 spiro atoms. The summed E-state index contributed by atoms with van der Waals surface area (Å²) >= 11 is 0. The van der Waals surface area contributed by atoms with Gasteiger partial charge in [0.25, 0.3) is 20.2 Å². The Morgan fingerprint density at radius 2 is 1.50 bits per heavy atom. The third-order valence-corrected chi connectivity index (χ3v) is 3.80. The van der Waals surface area contributed by atoms with Gasteiger partial charge in [0, 0.05) is 24.8 Å². The van der Waals surface area contributed by atoms with Crippen molar-refractivity contribution in [1.82, 2.24) is 0 Å². The Kier molecular flexibility index (Phi) is 6.79. The quantitative estimate of drug-likeness (QED) is 0.601. The fourth-order valence-electron chi connectivity index (χ4n) is 1.64. The summed E-state index contributed by atoms with van der Waals surface area (Å²) in [5.41, 5.74) is 1.74. The number of aryl methyl sites for hydroxylation is 1. The molecule has 125 valence electrons. The first-order chi connectivity index (χ1) is 10.1. The molecule has 7 nitrogen and oxygen atoms in total. The molecule has 0 aromatic heterocycles. The van der Waals surface area contributed by atoms with Crippen LogP contribution in [0.5, 0.6) is 0 Å². The lowest BCUT2D eigenvalue weighted by Gasteiger charge is -2.24. The standard InChI is InChI=1S/C13H20NO6S2/c1-12-4-6-13(7-5-12)14(8-10-19-21(2,15)16)9-11-20-22(3,17)18/h4-6H,8-11H2,1-3H3. The van der Waals surface area contributed by atoms with Gasteiger partial charge in [0.2, 0.25) is 0 Å². The summed E-state index contributed by atoms with van der Waals surface area (Å²) in [6.07, 6.45) is 1.95. The molecule has 1 radical (unpaired) electrons. The van der Waals surface area contributed by atoms with Gasteiger partial charge in [0.05, 0.1) is 25.7 Å². The average Bonchev–Trinajstić information content (AvgIpc) is 2.35. The van der Waals surface area contributed by atoms with Crippen molar-refractivity contribution >= 4 is 25.9 Å². The minimum absolute atomic E-state index is 0.0422. The van der Waals surface area contributed by atoms with E-state index < -0.39 is 20.2 Å². The number of hydrogen-bond donors (Lipinski definition) is 0. The predicted octanol–water partition coefficient (Wildman–Crippen LogP) is 0.554. The second-order valence-electron chi connectivity index (χ2n) is 4.79. The number of rotatable bonds is 9. The molecule has 1 rings (SSSR count). The number of nitrogens with zero attached hydrogens (tertiary/aromatic N) is 1. The van der Waals surface area contributed by atoms with Crippen molar-refractivity contribution in [2.45, 2.75) is 6.92 Å². The second-order valence-corrected chi connectivity index (χ2v) is 8.08. The molecule has 1 aromatic carbocycles. The molecule has 0 aliphatic rings. The molecule has 0 heterocycles. The highest BCUT2D eigenvalue weighted by Gasteiger charge is 2.11. The molecule has 0 saturated heterocycles. The molecule has 0 saturated carbocycles. The summed E-state index contributed by atoms with van der Waals surface area (Å²) in [6.45, 7) is 2.36. The zero-order valence-electron chi connectivity index (χ0n) is 12.8. The van der Waals surface area contributed by atoms with Crippen LogP contribution in [0.25, 0.3) is 0 Å². The van der Waals surface area contributed by atoms with E-state index in [1.54, 1.807) is 11.0 Å². The predicted molar refractivity (Wildman–Crippen MR) is 83.8 cm³/mol. The van der Waals surface area contributed by atoms with Crippen LogP contribution < -0.4 is 4.90 Å². The van der Waals surface area contributed by atoms with Crippen LogP contribution in [-0.4, -0.2) is 55.7 Å². The minimum atomic E-state index is -3.52. The van der Waals surface area contributed by atoms with Gasteiger partial charge in [0.15, 0.2) is 0 Å². The molecule has 0 bridgehead atoms. The molecule has 0 atom stereocenters. The van der Waals surface area contributed by atoms with Crippen LogP contribution in [0.4, 0.5) is 5.69 Å². The summed E-state index contributed by atoms with van der Waals surface area (Å²) in [6, 6.07) is 8.54. The largest absolute Gasteiger partial charge is 0.366 e. The smallest absolute Gasteiger partial charge is 0.264 e. The molecule has 0 fully saturated rings. The van der Waals surface area contributed by atoms with Gasteiger partial charge >= 0.3 is 0 Å². The molecule has 1 aromatic rings. The maximum absolute atomic E-state index is 11.0. The van der Waals surface area contributed by atoms with Crippen LogP contribution in [0.3, 0.4) is 0 Å². The van der Waals surface area contributed by atoms with E-state index in [2.05, 4.69) is 6.07 Å². The Morgan fingerprint density at radius 3 is 1.86 bits per heavy atom. The lowest BCUT2D eigenvalue weighted by molar-refractivity contribution is 0.309. The van der Waals surface area contributed by atoms with Crippen LogP contribution in [0.15, 0.2) is 18.2 Å². The average molecular weight is 350 g/mol. The summed E-state index contributed by atoms with van der Waals surface area (Å²) in [4.78, 5) is 1.75. The van der Waals surface area contributed by atoms with Crippen molar-refractivity contribution in [3.8, 4) is 0 Å². The SMILES string of the molecule is Cc1c[c]c(N(CCOS(C)(=O)=O)CCOS(C)(=O)=O)cc1. The first-order valence-electron chi connectivity index (χ1n) is 6.49. The maximum Gasteiger partial charge on any atom is 0.264 e. The van der Waals surface area contributed by atoms with Crippen molar-refractivity contribution in [1.29, 1.82) is 0 Å². The van der Waals surface area contributed by atoms with Crippen molar-refractivity contribution in [3.05, 3.63) is 29.8 Å². The first kappa shape index (κ1) is 18.9. The fraction of sp³-hybridized carbons (Fsp3) is 0.538. The van der Waals surface area contributed by atoms with E-state index in [9.17, 15) is 16.8 Å². The Hall–Kier alpha value is -1.16. The van der Waals surface area contributed by atoms with E-state index in [1.807, 2.05) is 19.1 Å². The van der Waals surface area contributed by atoms with Crippen molar-refractivity contribution in [2.75, 3.05) is 43.7 Å². The molecule has 0 N–H and O–H groups in total. The van der Waals surface area contributed by atoms with E-state index >= 15 is 0 Å². The van der Waals surface area contributed by atoms with Crippen LogP contribution in [0.1, 0.15) is 5.56 Å². The van der Waals surface area contributed by atoms with Crippen LogP contribution >= 0.6 is 0 Å². The topological polar surface area (TPSA) is 90.0 Å². The molecule has 22 heavy (non-hydrogen) atoms.